The Kier molecular flexibility index (Phi) is 7.28. The molecule has 0 spiro atoms. The summed E-state index contributed by atoms with van der Waals surface area (Å²) in [4.78, 5) is 38.7. The van der Waals surface area contributed by atoms with Crippen LogP contribution in [0.15, 0.2) is 42.6 Å². The maximum Gasteiger partial charge on any atom is 0.336 e. The van der Waals surface area contributed by atoms with Crippen molar-refractivity contribution >= 4 is 29.4 Å². The lowest BCUT2D eigenvalue weighted by Gasteiger charge is -2.24. The van der Waals surface area contributed by atoms with Crippen LogP contribution < -0.4 is 10.6 Å². The fraction of sp³-hybridized carbons (Fsp3) is 0.333. The number of hydrogen-bond donors (Lipinski definition) is 3. The molecular formula is C27H30FN5O4. The number of urea groups is 1. The van der Waals surface area contributed by atoms with E-state index in [4.69, 9.17) is 0 Å². The Bertz CT molecular complexity index is 1370. The summed E-state index contributed by atoms with van der Waals surface area (Å²) in [5.41, 5.74) is 3.28. The van der Waals surface area contributed by atoms with Gasteiger partial charge in [-0.05, 0) is 73.6 Å². The minimum absolute atomic E-state index is 0.0589. The number of nitrogens with zero attached hydrogens (tertiary/aromatic N) is 3. The van der Waals surface area contributed by atoms with Crippen LogP contribution in [0.1, 0.15) is 59.7 Å². The second-order valence-corrected chi connectivity index (χ2v) is 9.57. The number of aromatic carboxylic acids is 1. The lowest BCUT2D eigenvalue weighted by molar-refractivity contribution is -0.119. The van der Waals surface area contributed by atoms with Crippen molar-refractivity contribution in [1.29, 1.82) is 0 Å². The maximum absolute atomic E-state index is 14.5. The van der Waals surface area contributed by atoms with E-state index in [1.165, 1.54) is 33.5 Å². The van der Waals surface area contributed by atoms with Crippen LogP contribution in [0.25, 0.3) is 5.69 Å². The van der Waals surface area contributed by atoms with Crippen LogP contribution in [0.5, 0.6) is 0 Å². The molecule has 3 amide bonds. The number of rotatable bonds is 6. The molecule has 0 bridgehead atoms. The van der Waals surface area contributed by atoms with Crippen LogP contribution in [-0.4, -0.2) is 50.3 Å². The highest BCUT2D eigenvalue weighted by Gasteiger charge is 2.34. The molecule has 3 aromatic rings. The molecule has 0 radical (unpaired) electrons. The van der Waals surface area contributed by atoms with Gasteiger partial charge in [-0.1, -0.05) is 19.9 Å². The van der Waals surface area contributed by atoms with E-state index in [-0.39, 0.29) is 29.0 Å². The lowest BCUT2D eigenvalue weighted by atomic mass is 9.98. The van der Waals surface area contributed by atoms with Crippen molar-refractivity contribution in [3.63, 3.8) is 0 Å². The van der Waals surface area contributed by atoms with Crippen LogP contribution in [0.3, 0.4) is 0 Å². The summed E-state index contributed by atoms with van der Waals surface area (Å²) >= 11 is 0. The molecule has 1 aromatic heterocycles. The van der Waals surface area contributed by atoms with Crippen molar-refractivity contribution in [2.75, 3.05) is 17.2 Å². The summed E-state index contributed by atoms with van der Waals surface area (Å²) in [6.07, 6.45) is 2.66. The smallest absolute Gasteiger partial charge is 0.336 e. The van der Waals surface area contributed by atoms with Crippen molar-refractivity contribution < 1.29 is 23.9 Å². The molecule has 2 aromatic carbocycles. The molecule has 2 heterocycles. The number of anilines is 2. The van der Waals surface area contributed by atoms with Crippen molar-refractivity contribution in [3.8, 4) is 5.69 Å². The fourth-order valence-electron chi connectivity index (χ4n) is 4.69. The largest absolute Gasteiger partial charge is 0.478 e. The molecule has 9 nitrogen and oxygen atoms in total. The zero-order valence-electron chi connectivity index (χ0n) is 21.2. The van der Waals surface area contributed by atoms with Gasteiger partial charge in [0, 0.05) is 24.5 Å². The fourth-order valence-corrected chi connectivity index (χ4v) is 4.69. The van der Waals surface area contributed by atoms with Gasteiger partial charge in [-0.25, -0.2) is 18.7 Å². The molecule has 0 saturated carbocycles. The van der Waals surface area contributed by atoms with E-state index in [0.717, 1.165) is 11.6 Å². The number of carbonyl (C=O) groups excluding carboxylic acids is 2. The van der Waals surface area contributed by atoms with Gasteiger partial charge in [-0.15, -0.1) is 5.10 Å². The van der Waals surface area contributed by atoms with Crippen LogP contribution in [0, 0.1) is 19.7 Å². The molecule has 1 fully saturated rings. The Hall–Kier alpha value is -4.21. The summed E-state index contributed by atoms with van der Waals surface area (Å²) in [5, 5.41) is 19.0. The minimum atomic E-state index is -1.22. The van der Waals surface area contributed by atoms with Gasteiger partial charge in [0.1, 0.15) is 17.5 Å². The third-order valence-electron chi connectivity index (χ3n) is 6.57. The summed E-state index contributed by atoms with van der Waals surface area (Å²) in [6, 6.07) is 8.60. The first-order valence-corrected chi connectivity index (χ1v) is 12.1. The number of benzene rings is 2. The molecule has 1 atom stereocenters. The number of carboxylic acids is 1. The van der Waals surface area contributed by atoms with E-state index in [9.17, 15) is 23.9 Å². The van der Waals surface area contributed by atoms with Crippen molar-refractivity contribution in [3.05, 3.63) is 70.7 Å². The maximum atomic E-state index is 14.5. The van der Waals surface area contributed by atoms with Gasteiger partial charge < -0.3 is 20.6 Å². The Morgan fingerprint density at radius 1 is 1.08 bits per heavy atom. The molecule has 1 unspecified atom stereocenters. The van der Waals surface area contributed by atoms with Gasteiger partial charge in [-0.2, -0.15) is 0 Å². The highest BCUT2D eigenvalue weighted by Crippen LogP contribution is 2.25. The summed E-state index contributed by atoms with van der Waals surface area (Å²) in [5.74, 6) is -1.79. The Morgan fingerprint density at radius 2 is 1.84 bits per heavy atom. The molecule has 1 aliphatic rings. The summed E-state index contributed by atoms with van der Waals surface area (Å²) in [7, 11) is 0. The average molecular weight is 508 g/mol. The van der Waals surface area contributed by atoms with Gasteiger partial charge in [0.2, 0.25) is 5.91 Å². The lowest BCUT2D eigenvalue weighted by Crippen LogP contribution is -2.45. The molecule has 3 N–H and O–H groups in total. The number of likely N-dealkylation sites (tertiary alicyclic amines) is 1. The normalized spacial score (nSPS) is 15.2. The van der Waals surface area contributed by atoms with Gasteiger partial charge >= 0.3 is 12.0 Å². The van der Waals surface area contributed by atoms with E-state index in [1.807, 2.05) is 25.1 Å². The standard InChI is InChI=1S/C27H30FN5O4/c1-15(2)19-8-7-18(12-16(19)3)29-27(37)32-10-5-6-22(32)25(34)30-24-9-11-33(31-24)23-13-17(4)20(26(35)36)14-21(23)28/h7-9,11-15,22H,5-6,10H2,1-4H3,(H,29,37)(H,35,36)(H,30,31,34). The average Bonchev–Trinajstić information content (AvgIpc) is 3.50. The van der Waals surface area contributed by atoms with Gasteiger partial charge in [0.05, 0.1) is 5.56 Å². The molecule has 10 heteroatoms. The number of nitrogens with one attached hydrogen (secondary N) is 2. The van der Waals surface area contributed by atoms with E-state index in [1.54, 1.807) is 6.92 Å². The van der Waals surface area contributed by atoms with Gasteiger partial charge in [0.25, 0.3) is 0 Å². The van der Waals surface area contributed by atoms with Crippen LogP contribution in [-0.2, 0) is 4.79 Å². The molecule has 1 aliphatic heterocycles. The summed E-state index contributed by atoms with van der Waals surface area (Å²) in [6.45, 7) is 8.25. The van der Waals surface area contributed by atoms with E-state index >= 15 is 0 Å². The highest BCUT2D eigenvalue weighted by molar-refractivity contribution is 5.99. The number of carboxylic acid groups (broad SMARTS) is 1. The molecule has 1 saturated heterocycles. The predicted molar refractivity (Wildman–Crippen MR) is 138 cm³/mol. The number of amides is 3. The van der Waals surface area contributed by atoms with E-state index in [2.05, 4.69) is 29.6 Å². The van der Waals surface area contributed by atoms with Crippen molar-refractivity contribution in [2.24, 2.45) is 0 Å². The molecule has 0 aliphatic carbocycles. The topological polar surface area (TPSA) is 117 Å². The van der Waals surface area contributed by atoms with Crippen LogP contribution in [0.4, 0.5) is 20.7 Å². The Balaban J connectivity index is 1.44. The second-order valence-electron chi connectivity index (χ2n) is 9.57. The van der Waals surface area contributed by atoms with E-state index in [0.29, 0.717) is 36.6 Å². The third-order valence-corrected chi connectivity index (χ3v) is 6.57. The Labute approximate surface area is 214 Å². The first-order valence-electron chi connectivity index (χ1n) is 12.1. The second kappa shape index (κ2) is 10.4. The molecule has 4 rings (SSSR count). The number of hydrogen-bond acceptors (Lipinski definition) is 4. The number of aromatic nitrogens is 2. The summed E-state index contributed by atoms with van der Waals surface area (Å²) < 4.78 is 15.8. The third kappa shape index (κ3) is 5.47. The number of aryl methyl sites for hydroxylation is 2. The quantitative estimate of drug-likeness (QED) is 0.430. The van der Waals surface area contributed by atoms with Crippen LogP contribution in [0.2, 0.25) is 0 Å². The first-order chi connectivity index (χ1) is 17.5. The monoisotopic (exact) mass is 507 g/mol. The van der Waals surface area contributed by atoms with Gasteiger partial charge in [0.15, 0.2) is 5.82 Å². The minimum Gasteiger partial charge on any atom is -0.478 e. The van der Waals surface area contributed by atoms with Crippen molar-refractivity contribution in [1.82, 2.24) is 14.7 Å². The molecular weight excluding hydrogens is 477 g/mol. The zero-order chi connectivity index (χ0) is 26.9. The number of halogens is 1. The number of carbonyl (C=O) groups is 3. The van der Waals surface area contributed by atoms with Crippen molar-refractivity contribution in [2.45, 2.75) is 52.5 Å². The highest BCUT2D eigenvalue weighted by atomic mass is 19.1. The molecule has 194 valence electrons. The SMILES string of the molecule is Cc1cc(-n2ccc(NC(=O)C3CCCN3C(=O)Nc3ccc(C(C)C)c(C)c3)n2)c(F)cc1C(=O)O. The first kappa shape index (κ1) is 25.9. The Morgan fingerprint density at radius 3 is 2.51 bits per heavy atom. The van der Waals surface area contributed by atoms with Crippen LogP contribution >= 0.6 is 0 Å². The molecule has 37 heavy (non-hydrogen) atoms. The van der Waals surface area contributed by atoms with Gasteiger partial charge in [-0.3, -0.25) is 4.79 Å². The van der Waals surface area contributed by atoms with E-state index < -0.39 is 17.8 Å². The zero-order valence-corrected chi connectivity index (χ0v) is 21.2. The predicted octanol–water partition coefficient (Wildman–Crippen LogP) is 5.08.